The summed E-state index contributed by atoms with van der Waals surface area (Å²) in [5.74, 6) is -0.0784. The molecule has 0 bridgehead atoms. The molecule has 0 spiro atoms. The maximum atomic E-state index is 12.7. The van der Waals surface area contributed by atoms with Crippen LogP contribution in [0.15, 0.2) is 59.5 Å². The second kappa shape index (κ2) is 8.54. The number of methoxy groups -OCH3 is 1. The van der Waals surface area contributed by atoms with Gasteiger partial charge in [0, 0.05) is 0 Å². The summed E-state index contributed by atoms with van der Waals surface area (Å²) in [6, 6.07) is 14.1. The highest BCUT2D eigenvalue weighted by Crippen LogP contribution is 2.18. The maximum absolute atomic E-state index is 12.7. The van der Waals surface area contributed by atoms with Crippen molar-refractivity contribution >= 4 is 16.0 Å². The molecular weight excluding hydrogens is 366 g/mol. The zero-order valence-electron chi connectivity index (χ0n) is 15.9. The molecule has 0 fully saturated rings. The number of hydrogen-bond acceptors (Lipinski definition) is 5. The van der Waals surface area contributed by atoms with E-state index in [4.69, 9.17) is 9.47 Å². The van der Waals surface area contributed by atoms with Gasteiger partial charge in [-0.1, -0.05) is 30.3 Å². The molecule has 7 heteroatoms. The van der Waals surface area contributed by atoms with Crippen LogP contribution in [0, 0.1) is 0 Å². The van der Waals surface area contributed by atoms with Gasteiger partial charge in [-0.15, -0.1) is 0 Å². The number of nitrogens with one attached hydrogen (secondary N) is 1. The summed E-state index contributed by atoms with van der Waals surface area (Å²) in [5.41, 5.74) is 0.100. The molecule has 27 heavy (non-hydrogen) atoms. The van der Waals surface area contributed by atoms with Crippen LogP contribution in [0.25, 0.3) is 0 Å². The molecule has 0 heterocycles. The van der Waals surface area contributed by atoms with Crippen LogP contribution >= 0.6 is 0 Å². The number of carbonyl (C=O) groups excluding carboxylic acids is 1. The van der Waals surface area contributed by atoms with E-state index in [1.54, 1.807) is 32.9 Å². The van der Waals surface area contributed by atoms with Gasteiger partial charge in [0.15, 0.2) is 0 Å². The van der Waals surface area contributed by atoms with Gasteiger partial charge < -0.3 is 9.47 Å². The summed E-state index contributed by atoms with van der Waals surface area (Å²) in [7, 11) is -2.41. The van der Waals surface area contributed by atoms with Gasteiger partial charge in [0.2, 0.25) is 10.0 Å². The molecule has 0 aliphatic carbocycles. The fraction of sp³-hybridized carbons (Fsp3) is 0.350. The number of benzene rings is 2. The van der Waals surface area contributed by atoms with Crippen molar-refractivity contribution in [3.05, 3.63) is 60.2 Å². The molecule has 2 rings (SSSR count). The second-order valence-corrected chi connectivity index (χ2v) is 8.79. The smallest absolute Gasteiger partial charge is 0.325 e. The highest BCUT2D eigenvalue weighted by Gasteiger charge is 2.30. The van der Waals surface area contributed by atoms with Gasteiger partial charge in [-0.25, -0.2) is 8.42 Å². The molecule has 0 amide bonds. The molecule has 0 saturated heterocycles. The molecular formula is C20H25NO5S. The largest absolute Gasteiger partial charge is 0.497 e. The van der Waals surface area contributed by atoms with Crippen LogP contribution in [-0.4, -0.2) is 33.1 Å². The van der Waals surface area contributed by atoms with Crippen LogP contribution in [0.1, 0.15) is 26.3 Å². The van der Waals surface area contributed by atoms with Crippen molar-refractivity contribution in [2.75, 3.05) is 7.11 Å². The third-order valence-corrected chi connectivity index (χ3v) is 5.13. The van der Waals surface area contributed by atoms with Gasteiger partial charge >= 0.3 is 5.97 Å². The summed E-state index contributed by atoms with van der Waals surface area (Å²) in [5, 5.41) is 0. The van der Waals surface area contributed by atoms with Crippen LogP contribution < -0.4 is 9.46 Å². The van der Waals surface area contributed by atoms with Crippen LogP contribution in [0.2, 0.25) is 0 Å². The molecule has 146 valence electrons. The Kier molecular flexibility index (Phi) is 6.62. The molecule has 1 unspecified atom stereocenters. The highest BCUT2D eigenvalue weighted by molar-refractivity contribution is 7.89. The van der Waals surface area contributed by atoms with Gasteiger partial charge in [0.1, 0.15) is 17.4 Å². The Labute approximate surface area is 160 Å². The zero-order chi connectivity index (χ0) is 20.1. The minimum absolute atomic E-state index is 0.0462. The molecule has 0 aliphatic heterocycles. The first kappa shape index (κ1) is 20.9. The number of carbonyl (C=O) groups is 1. The quantitative estimate of drug-likeness (QED) is 0.734. The Hall–Kier alpha value is -2.38. The molecule has 0 aliphatic rings. The van der Waals surface area contributed by atoms with Crippen LogP contribution in [0.3, 0.4) is 0 Å². The van der Waals surface area contributed by atoms with E-state index in [1.807, 2.05) is 30.3 Å². The van der Waals surface area contributed by atoms with E-state index in [9.17, 15) is 13.2 Å². The normalized spacial score (nSPS) is 13.0. The van der Waals surface area contributed by atoms with E-state index in [2.05, 4.69) is 4.72 Å². The van der Waals surface area contributed by atoms with Crippen molar-refractivity contribution in [1.82, 2.24) is 4.72 Å². The summed E-state index contributed by atoms with van der Waals surface area (Å²) < 4.78 is 38.4. The van der Waals surface area contributed by atoms with Crippen molar-refractivity contribution < 1.29 is 22.7 Å². The van der Waals surface area contributed by atoms with Gasteiger partial charge in [-0.05, 0) is 57.0 Å². The van der Waals surface area contributed by atoms with Crippen LogP contribution in [0.4, 0.5) is 0 Å². The SMILES string of the molecule is COc1ccc(S(=O)(=O)NC(Cc2ccccc2)C(=O)OC(C)(C)C)cc1. The Morgan fingerprint density at radius 1 is 1.04 bits per heavy atom. The minimum atomic E-state index is -3.91. The van der Waals surface area contributed by atoms with Crippen molar-refractivity contribution in [3.8, 4) is 5.75 Å². The fourth-order valence-electron chi connectivity index (χ4n) is 2.41. The van der Waals surface area contributed by atoms with Gasteiger partial charge in [-0.2, -0.15) is 4.72 Å². The Morgan fingerprint density at radius 3 is 2.15 bits per heavy atom. The van der Waals surface area contributed by atoms with E-state index in [1.165, 1.54) is 19.2 Å². The third kappa shape index (κ3) is 6.37. The lowest BCUT2D eigenvalue weighted by atomic mass is 10.1. The van der Waals surface area contributed by atoms with Crippen molar-refractivity contribution in [1.29, 1.82) is 0 Å². The maximum Gasteiger partial charge on any atom is 0.325 e. The first-order chi connectivity index (χ1) is 12.6. The van der Waals surface area contributed by atoms with E-state index >= 15 is 0 Å². The lowest BCUT2D eigenvalue weighted by Crippen LogP contribution is -2.45. The monoisotopic (exact) mass is 391 g/mol. The van der Waals surface area contributed by atoms with Crippen LogP contribution in [-0.2, 0) is 26.0 Å². The first-order valence-electron chi connectivity index (χ1n) is 8.54. The summed E-state index contributed by atoms with van der Waals surface area (Å²) in [4.78, 5) is 12.6. The minimum Gasteiger partial charge on any atom is -0.497 e. The molecule has 0 aromatic heterocycles. The fourth-order valence-corrected chi connectivity index (χ4v) is 3.59. The van der Waals surface area contributed by atoms with E-state index in [0.29, 0.717) is 5.75 Å². The Bertz CT molecular complexity index is 855. The first-order valence-corrected chi connectivity index (χ1v) is 10.0. The number of ether oxygens (including phenoxy) is 2. The molecule has 2 aromatic carbocycles. The van der Waals surface area contributed by atoms with Gasteiger partial charge in [0.05, 0.1) is 12.0 Å². The van der Waals surface area contributed by atoms with Crippen molar-refractivity contribution in [2.45, 2.75) is 43.7 Å². The standard InChI is InChI=1S/C20H25NO5S/c1-20(2,3)26-19(22)18(14-15-8-6-5-7-9-15)21-27(23,24)17-12-10-16(25-4)11-13-17/h5-13,18,21H,14H2,1-4H3. The Balaban J connectivity index is 2.27. The summed E-state index contributed by atoms with van der Waals surface area (Å²) >= 11 is 0. The van der Waals surface area contributed by atoms with Gasteiger partial charge in [0.25, 0.3) is 0 Å². The molecule has 2 aromatic rings. The lowest BCUT2D eigenvalue weighted by Gasteiger charge is -2.24. The molecule has 1 N–H and O–H groups in total. The second-order valence-electron chi connectivity index (χ2n) is 7.07. The number of esters is 1. The molecule has 1 atom stereocenters. The highest BCUT2D eigenvalue weighted by atomic mass is 32.2. The number of sulfonamides is 1. The van der Waals surface area contributed by atoms with E-state index in [-0.39, 0.29) is 11.3 Å². The average molecular weight is 391 g/mol. The van der Waals surface area contributed by atoms with Crippen molar-refractivity contribution in [3.63, 3.8) is 0 Å². The topological polar surface area (TPSA) is 81.7 Å². The third-order valence-electron chi connectivity index (χ3n) is 3.64. The predicted molar refractivity (Wildman–Crippen MR) is 103 cm³/mol. The molecule has 0 radical (unpaired) electrons. The number of hydrogen-bond donors (Lipinski definition) is 1. The van der Waals surface area contributed by atoms with Crippen molar-refractivity contribution in [2.24, 2.45) is 0 Å². The lowest BCUT2D eigenvalue weighted by molar-refractivity contribution is -0.156. The van der Waals surface area contributed by atoms with E-state index in [0.717, 1.165) is 5.56 Å². The Morgan fingerprint density at radius 2 is 1.63 bits per heavy atom. The summed E-state index contributed by atoms with van der Waals surface area (Å²) in [6.45, 7) is 5.22. The average Bonchev–Trinajstić information content (AvgIpc) is 2.60. The predicted octanol–water partition coefficient (Wildman–Crippen LogP) is 2.93. The zero-order valence-corrected chi connectivity index (χ0v) is 16.7. The van der Waals surface area contributed by atoms with Crippen LogP contribution in [0.5, 0.6) is 5.75 Å². The molecule has 0 saturated carbocycles. The summed E-state index contributed by atoms with van der Waals surface area (Å²) in [6.07, 6.45) is 0.186. The van der Waals surface area contributed by atoms with E-state index < -0.39 is 27.6 Å². The van der Waals surface area contributed by atoms with Gasteiger partial charge in [-0.3, -0.25) is 4.79 Å². The molecule has 6 nitrogen and oxygen atoms in total. The number of rotatable bonds is 7.